The number of hydrogen-bond donors (Lipinski definition) is 2. The molecule has 0 radical (unpaired) electrons. The van der Waals surface area contributed by atoms with Crippen molar-refractivity contribution in [3.05, 3.63) is 29.8 Å². The summed E-state index contributed by atoms with van der Waals surface area (Å²) in [7, 11) is 1.58. The predicted octanol–water partition coefficient (Wildman–Crippen LogP) is 1.43. The molecule has 0 saturated carbocycles. The highest BCUT2D eigenvalue weighted by Gasteiger charge is 2.06. The van der Waals surface area contributed by atoms with Crippen LogP contribution in [0.15, 0.2) is 24.3 Å². The van der Waals surface area contributed by atoms with Gasteiger partial charge in [0.05, 0.1) is 25.3 Å². The minimum Gasteiger partial charge on any atom is -0.462 e. The Bertz CT molecular complexity index is 445. The summed E-state index contributed by atoms with van der Waals surface area (Å²) in [5, 5.41) is 5.68. The molecule has 6 nitrogen and oxygen atoms in total. The predicted molar refractivity (Wildman–Crippen MR) is 80.4 cm³/mol. The maximum Gasteiger partial charge on any atom is 0.338 e. The number of carbonyl (C=O) groups is 2. The number of benzene rings is 1. The monoisotopic (exact) mass is 294 g/mol. The zero-order chi connectivity index (χ0) is 15.5. The Morgan fingerprint density at radius 2 is 1.86 bits per heavy atom. The van der Waals surface area contributed by atoms with Gasteiger partial charge in [0.2, 0.25) is 5.91 Å². The standard InChI is InChI=1S/C15H22N2O4/c1-3-9-21-15(19)12-4-6-13(7-5-12)17-11-14(18)16-8-10-20-2/h4-7,17H,3,8-11H2,1-2H3,(H,16,18). The van der Waals surface area contributed by atoms with E-state index in [0.29, 0.717) is 25.3 Å². The van der Waals surface area contributed by atoms with Gasteiger partial charge in [-0.15, -0.1) is 0 Å². The second-order valence-electron chi connectivity index (χ2n) is 4.41. The van der Waals surface area contributed by atoms with Crippen molar-refractivity contribution in [2.24, 2.45) is 0 Å². The molecule has 0 aliphatic carbocycles. The van der Waals surface area contributed by atoms with Gasteiger partial charge in [0.15, 0.2) is 0 Å². The van der Waals surface area contributed by atoms with Crippen molar-refractivity contribution in [2.75, 3.05) is 38.7 Å². The molecule has 0 bridgehead atoms. The van der Waals surface area contributed by atoms with E-state index in [1.165, 1.54) is 0 Å². The lowest BCUT2D eigenvalue weighted by Gasteiger charge is -2.08. The first-order valence-corrected chi connectivity index (χ1v) is 6.94. The largest absolute Gasteiger partial charge is 0.462 e. The fourth-order valence-corrected chi connectivity index (χ4v) is 1.54. The van der Waals surface area contributed by atoms with Gasteiger partial charge in [0.1, 0.15) is 0 Å². The quantitative estimate of drug-likeness (QED) is 0.532. The van der Waals surface area contributed by atoms with Crippen molar-refractivity contribution in [1.82, 2.24) is 5.32 Å². The topological polar surface area (TPSA) is 76.7 Å². The minimum absolute atomic E-state index is 0.113. The smallest absolute Gasteiger partial charge is 0.338 e. The molecule has 116 valence electrons. The van der Waals surface area contributed by atoms with E-state index in [-0.39, 0.29) is 18.4 Å². The maximum absolute atomic E-state index is 11.6. The minimum atomic E-state index is -0.333. The highest BCUT2D eigenvalue weighted by atomic mass is 16.5. The zero-order valence-corrected chi connectivity index (χ0v) is 12.5. The molecule has 0 atom stereocenters. The number of hydrogen-bond acceptors (Lipinski definition) is 5. The first kappa shape index (κ1) is 17.0. The van der Waals surface area contributed by atoms with Crippen molar-refractivity contribution < 1.29 is 19.1 Å². The third kappa shape index (κ3) is 6.76. The number of nitrogens with one attached hydrogen (secondary N) is 2. The maximum atomic E-state index is 11.6. The Labute approximate surface area is 124 Å². The number of esters is 1. The van der Waals surface area contributed by atoms with E-state index in [9.17, 15) is 9.59 Å². The Morgan fingerprint density at radius 1 is 1.14 bits per heavy atom. The molecule has 0 saturated heterocycles. The Morgan fingerprint density at radius 3 is 2.48 bits per heavy atom. The average Bonchev–Trinajstić information content (AvgIpc) is 2.51. The van der Waals surface area contributed by atoms with Crippen LogP contribution >= 0.6 is 0 Å². The summed E-state index contributed by atoms with van der Waals surface area (Å²) in [6.45, 7) is 3.50. The van der Waals surface area contributed by atoms with E-state index in [2.05, 4.69) is 10.6 Å². The van der Waals surface area contributed by atoms with Crippen molar-refractivity contribution in [3.8, 4) is 0 Å². The Kier molecular flexibility index (Phi) is 7.89. The van der Waals surface area contributed by atoms with Crippen LogP contribution in [0.5, 0.6) is 0 Å². The summed E-state index contributed by atoms with van der Waals surface area (Å²) in [6.07, 6.45) is 0.795. The van der Waals surface area contributed by atoms with Crippen molar-refractivity contribution in [1.29, 1.82) is 0 Å². The van der Waals surface area contributed by atoms with Gasteiger partial charge in [-0.1, -0.05) is 6.92 Å². The first-order chi connectivity index (χ1) is 10.2. The lowest BCUT2D eigenvalue weighted by Crippen LogP contribution is -2.32. The van der Waals surface area contributed by atoms with Gasteiger partial charge in [0, 0.05) is 19.3 Å². The van der Waals surface area contributed by atoms with Crippen LogP contribution in [-0.4, -0.2) is 45.3 Å². The number of anilines is 1. The number of rotatable bonds is 9. The second-order valence-corrected chi connectivity index (χ2v) is 4.41. The molecule has 6 heteroatoms. The van der Waals surface area contributed by atoms with Crippen LogP contribution in [0.3, 0.4) is 0 Å². The van der Waals surface area contributed by atoms with Crippen LogP contribution in [0.2, 0.25) is 0 Å². The molecule has 0 heterocycles. The van der Waals surface area contributed by atoms with Crippen molar-refractivity contribution >= 4 is 17.6 Å². The molecule has 2 N–H and O–H groups in total. The van der Waals surface area contributed by atoms with Crippen LogP contribution in [0.25, 0.3) is 0 Å². The van der Waals surface area contributed by atoms with E-state index in [4.69, 9.17) is 9.47 Å². The zero-order valence-electron chi connectivity index (χ0n) is 12.5. The van der Waals surface area contributed by atoms with E-state index >= 15 is 0 Å². The third-order valence-corrected chi connectivity index (χ3v) is 2.64. The molecule has 1 rings (SSSR count). The molecule has 0 spiro atoms. The van der Waals surface area contributed by atoms with Gasteiger partial charge in [-0.2, -0.15) is 0 Å². The van der Waals surface area contributed by atoms with Gasteiger partial charge in [-0.3, -0.25) is 4.79 Å². The first-order valence-electron chi connectivity index (χ1n) is 6.94. The Hall–Kier alpha value is -2.08. The van der Waals surface area contributed by atoms with Crippen LogP contribution in [-0.2, 0) is 14.3 Å². The van der Waals surface area contributed by atoms with Crippen LogP contribution in [0.1, 0.15) is 23.7 Å². The lowest BCUT2D eigenvalue weighted by molar-refractivity contribution is -0.119. The molecule has 0 aliphatic rings. The molecule has 0 unspecified atom stereocenters. The average molecular weight is 294 g/mol. The van der Waals surface area contributed by atoms with Crippen molar-refractivity contribution in [2.45, 2.75) is 13.3 Å². The third-order valence-electron chi connectivity index (χ3n) is 2.64. The molecular formula is C15H22N2O4. The number of carbonyl (C=O) groups excluding carboxylic acids is 2. The molecule has 1 amide bonds. The highest BCUT2D eigenvalue weighted by molar-refractivity contribution is 5.90. The van der Waals surface area contributed by atoms with Gasteiger partial charge < -0.3 is 20.1 Å². The van der Waals surface area contributed by atoms with Crippen LogP contribution < -0.4 is 10.6 Å². The summed E-state index contributed by atoms with van der Waals surface area (Å²) in [6, 6.07) is 6.82. The molecule has 1 aromatic rings. The lowest BCUT2D eigenvalue weighted by atomic mass is 10.2. The van der Waals surface area contributed by atoms with Crippen LogP contribution in [0.4, 0.5) is 5.69 Å². The van der Waals surface area contributed by atoms with E-state index in [1.807, 2.05) is 6.92 Å². The van der Waals surface area contributed by atoms with Gasteiger partial charge in [0.25, 0.3) is 0 Å². The number of methoxy groups -OCH3 is 1. The van der Waals surface area contributed by atoms with Gasteiger partial charge in [-0.25, -0.2) is 4.79 Å². The molecule has 0 aliphatic heterocycles. The van der Waals surface area contributed by atoms with E-state index in [0.717, 1.165) is 12.1 Å². The fourth-order valence-electron chi connectivity index (χ4n) is 1.54. The molecular weight excluding hydrogens is 272 g/mol. The number of amides is 1. The summed E-state index contributed by atoms with van der Waals surface area (Å²) < 4.78 is 9.87. The SMILES string of the molecule is CCCOC(=O)c1ccc(NCC(=O)NCCOC)cc1. The van der Waals surface area contributed by atoms with Gasteiger partial charge >= 0.3 is 5.97 Å². The Balaban J connectivity index is 2.37. The molecule has 1 aromatic carbocycles. The number of ether oxygens (including phenoxy) is 2. The normalized spacial score (nSPS) is 10.0. The van der Waals surface area contributed by atoms with E-state index in [1.54, 1.807) is 31.4 Å². The second kappa shape index (κ2) is 9.77. The summed E-state index contributed by atoms with van der Waals surface area (Å²) in [4.78, 5) is 23.1. The molecule has 0 fully saturated rings. The summed E-state index contributed by atoms with van der Waals surface area (Å²) >= 11 is 0. The van der Waals surface area contributed by atoms with Gasteiger partial charge in [-0.05, 0) is 30.7 Å². The van der Waals surface area contributed by atoms with Crippen LogP contribution in [0, 0.1) is 0 Å². The van der Waals surface area contributed by atoms with Crippen molar-refractivity contribution in [3.63, 3.8) is 0 Å². The summed E-state index contributed by atoms with van der Waals surface area (Å²) in [5.74, 6) is -0.445. The van der Waals surface area contributed by atoms with E-state index < -0.39 is 0 Å². The fraction of sp³-hybridized carbons (Fsp3) is 0.467. The summed E-state index contributed by atoms with van der Waals surface area (Å²) in [5.41, 5.74) is 1.27. The molecule has 0 aromatic heterocycles. The molecule has 21 heavy (non-hydrogen) atoms. The highest BCUT2D eigenvalue weighted by Crippen LogP contribution is 2.10.